The van der Waals surface area contributed by atoms with Gasteiger partial charge in [0.1, 0.15) is 0 Å². The Kier molecular flexibility index (Phi) is 6.03. The molecule has 126 valence electrons. The quantitative estimate of drug-likeness (QED) is 0.712. The third-order valence-electron chi connectivity index (χ3n) is 4.19. The Bertz CT molecular complexity index is 701. The van der Waals surface area contributed by atoms with Crippen LogP contribution < -0.4 is 0 Å². The van der Waals surface area contributed by atoms with Crippen molar-refractivity contribution >= 4 is 37.8 Å². The number of halogens is 2. The first-order valence-electron chi connectivity index (χ1n) is 7.95. The first kappa shape index (κ1) is 17.6. The van der Waals surface area contributed by atoms with Crippen molar-refractivity contribution in [1.82, 2.24) is 14.8 Å². The summed E-state index contributed by atoms with van der Waals surface area (Å²) in [5.41, 5.74) is 2.25. The molecule has 1 aromatic heterocycles. The van der Waals surface area contributed by atoms with Crippen LogP contribution in [0.15, 0.2) is 51.7 Å². The van der Waals surface area contributed by atoms with Crippen LogP contribution in [0.5, 0.6) is 0 Å². The second kappa shape index (κ2) is 8.23. The van der Waals surface area contributed by atoms with E-state index in [1.807, 2.05) is 17.0 Å². The zero-order valence-corrected chi connectivity index (χ0v) is 16.5. The van der Waals surface area contributed by atoms with E-state index in [0.29, 0.717) is 6.42 Å². The molecule has 1 fully saturated rings. The normalized spacial score (nSPS) is 15.5. The van der Waals surface area contributed by atoms with Crippen molar-refractivity contribution in [3.05, 3.63) is 62.8 Å². The number of amides is 1. The number of piperazine rings is 1. The van der Waals surface area contributed by atoms with Crippen LogP contribution in [0.4, 0.5) is 0 Å². The molecule has 1 amide bonds. The van der Waals surface area contributed by atoms with Crippen LogP contribution in [0.25, 0.3) is 0 Å². The van der Waals surface area contributed by atoms with Gasteiger partial charge in [-0.1, -0.05) is 12.1 Å². The highest BCUT2D eigenvalue weighted by Crippen LogP contribution is 2.24. The Balaban J connectivity index is 1.50. The van der Waals surface area contributed by atoms with Crippen LogP contribution in [-0.4, -0.2) is 46.9 Å². The van der Waals surface area contributed by atoms with Crippen LogP contribution in [0.3, 0.4) is 0 Å². The van der Waals surface area contributed by atoms with Crippen LogP contribution >= 0.6 is 31.9 Å². The Hall–Kier alpha value is -1.24. The molecule has 0 saturated carbocycles. The molecule has 0 aliphatic carbocycles. The number of aromatic nitrogens is 1. The zero-order chi connectivity index (χ0) is 16.9. The molecule has 2 heterocycles. The summed E-state index contributed by atoms with van der Waals surface area (Å²) in [5.74, 6) is 0.189. The third kappa shape index (κ3) is 4.65. The van der Waals surface area contributed by atoms with Gasteiger partial charge in [-0.25, -0.2) is 0 Å². The van der Waals surface area contributed by atoms with Crippen molar-refractivity contribution in [2.45, 2.75) is 13.0 Å². The highest BCUT2D eigenvalue weighted by Gasteiger charge is 2.21. The lowest BCUT2D eigenvalue weighted by atomic mass is 10.1. The molecule has 3 rings (SSSR count). The highest BCUT2D eigenvalue weighted by molar-refractivity contribution is 9.13. The van der Waals surface area contributed by atoms with Crippen LogP contribution in [0, 0.1) is 0 Å². The third-order valence-corrected chi connectivity index (χ3v) is 6.07. The molecule has 1 aliphatic heterocycles. The van der Waals surface area contributed by atoms with Gasteiger partial charge < -0.3 is 4.90 Å². The molecule has 0 N–H and O–H groups in total. The van der Waals surface area contributed by atoms with E-state index in [9.17, 15) is 4.79 Å². The van der Waals surface area contributed by atoms with Gasteiger partial charge in [-0.05, 0) is 61.2 Å². The smallest absolute Gasteiger partial charge is 0.227 e. The summed E-state index contributed by atoms with van der Waals surface area (Å²) in [7, 11) is 0. The van der Waals surface area contributed by atoms with Gasteiger partial charge in [0.25, 0.3) is 0 Å². The van der Waals surface area contributed by atoms with Gasteiger partial charge in [0, 0.05) is 54.1 Å². The molecule has 1 saturated heterocycles. The van der Waals surface area contributed by atoms with E-state index >= 15 is 0 Å². The van der Waals surface area contributed by atoms with Gasteiger partial charge >= 0.3 is 0 Å². The summed E-state index contributed by atoms with van der Waals surface area (Å²) in [6.07, 6.45) is 3.93. The van der Waals surface area contributed by atoms with Gasteiger partial charge in [-0.15, -0.1) is 0 Å². The van der Waals surface area contributed by atoms with Gasteiger partial charge in [-0.2, -0.15) is 0 Å². The summed E-state index contributed by atoms with van der Waals surface area (Å²) >= 11 is 7.04. The second-order valence-corrected chi connectivity index (χ2v) is 7.65. The monoisotopic (exact) mass is 451 g/mol. The van der Waals surface area contributed by atoms with Crippen LogP contribution in [-0.2, 0) is 17.8 Å². The first-order valence-corrected chi connectivity index (χ1v) is 9.53. The largest absolute Gasteiger partial charge is 0.340 e. The van der Waals surface area contributed by atoms with E-state index < -0.39 is 0 Å². The maximum absolute atomic E-state index is 12.4. The molecule has 1 aromatic carbocycles. The fraction of sp³-hybridized carbons (Fsp3) is 0.333. The number of hydrogen-bond acceptors (Lipinski definition) is 3. The summed E-state index contributed by atoms with van der Waals surface area (Å²) in [4.78, 5) is 20.8. The van der Waals surface area contributed by atoms with Gasteiger partial charge in [0.15, 0.2) is 0 Å². The summed E-state index contributed by atoms with van der Waals surface area (Å²) in [5, 5.41) is 0. The number of hydrogen-bond donors (Lipinski definition) is 0. The van der Waals surface area contributed by atoms with Gasteiger partial charge in [0.2, 0.25) is 5.91 Å². The van der Waals surface area contributed by atoms with E-state index in [-0.39, 0.29) is 5.91 Å². The molecule has 0 unspecified atom stereocenters. The van der Waals surface area contributed by atoms with E-state index in [0.717, 1.165) is 47.2 Å². The van der Waals surface area contributed by atoms with Crippen molar-refractivity contribution in [3.8, 4) is 0 Å². The van der Waals surface area contributed by atoms with Crippen LogP contribution in [0.1, 0.15) is 11.1 Å². The zero-order valence-electron chi connectivity index (χ0n) is 13.3. The maximum atomic E-state index is 12.4. The Morgan fingerprint density at radius 2 is 1.83 bits per heavy atom. The Morgan fingerprint density at radius 1 is 1.04 bits per heavy atom. The van der Waals surface area contributed by atoms with Crippen molar-refractivity contribution in [2.24, 2.45) is 0 Å². The number of carbonyl (C=O) groups is 1. The predicted molar refractivity (Wildman–Crippen MR) is 102 cm³/mol. The lowest BCUT2D eigenvalue weighted by Gasteiger charge is -2.35. The molecule has 0 spiro atoms. The average molecular weight is 453 g/mol. The van der Waals surface area contributed by atoms with Crippen LogP contribution in [0.2, 0.25) is 0 Å². The predicted octanol–water partition coefficient (Wildman–Crippen LogP) is 3.49. The first-order chi connectivity index (χ1) is 11.6. The number of nitrogens with zero attached hydrogens (tertiary/aromatic N) is 3. The number of pyridine rings is 1. The molecule has 0 atom stereocenters. The standard InChI is InChI=1S/C18H19Br2N3O/c19-16-4-3-15(10-17(16)20)13-22-6-8-23(9-7-22)18(24)11-14-2-1-5-21-12-14/h1-5,10,12H,6-9,11,13H2. The fourth-order valence-electron chi connectivity index (χ4n) is 2.84. The van der Waals surface area contributed by atoms with Gasteiger partial charge in [-0.3, -0.25) is 14.7 Å². The van der Waals surface area contributed by atoms with E-state index in [4.69, 9.17) is 0 Å². The molecular weight excluding hydrogens is 434 g/mol. The number of carbonyl (C=O) groups excluding carboxylic acids is 1. The number of rotatable bonds is 4. The molecule has 2 aromatic rings. The minimum Gasteiger partial charge on any atom is -0.340 e. The average Bonchev–Trinajstić information content (AvgIpc) is 2.60. The SMILES string of the molecule is O=C(Cc1cccnc1)N1CCN(Cc2ccc(Br)c(Br)c2)CC1. The molecule has 1 aliphatic rings. The molecule has 0 bridgehead atoms. The van der Waals surface area contributed by atoms with E-state index in [1.165, 1.54) is 5.56 Å². The van der Waals surface area contributed by atoms with E-state index in [2.05, 4.69) is 59.9 Å². The summed E-state index contributed by atoms with van der Waals surface area (Å²) in [6.45, 7) is 4.31. The molecule has 4 nitrogen and oxygen atoms in total. The summed E-state index contributed by atoms with van der Waals surface area (Å²) < 4.78 is 2.14. The Morgan fingerprint density at radius 3 is 2.50 bits per heavy atom. The molecule has 24 heavy (non-hydrogen) atoms. The van der Waals surface area contributed by atoms with Crippen molar-refractivity contribution in [3.63, 3.8) is 0 Å². The Labute approximate surface area is 159 Å². The minimum absolute atomic E-state index is 0.189. The second-order valence-electron chi connectivity index (χ2n) is 5.94. The number of benzene rings is 1. The molecular formula is C18H19Br2N3O. The minimum atomic E-state index is 0.189. The van der Waals surface area contributed by atoms with E-state index in [1.54, 1.807) is 12.4 Å². The van der Waals surface area contributed by atoms with Crippen molar-refractivity contribution < 1.29 is 4.79 Å². The molecule has 6 heteroatoms. The van der Waals surface area contributed by atoms with Crippen molar-refractivity contribution in [2.75, 3.05) is 26.2 Å². The highest BCUT2D eigenvalue weighted by atomic mass is 79.9. The van der Waals surface area contributed by atoms with Crippen molar-refractivity contribution in [1.29, 1.82) is 0 Å². The molecule has 0 radical (unpaired) electrons. The van der Waals surface area contributed by atoms with Gasteiger partial charge in [0.05, 0.1) is 6.42 Å². The topological polar surface area (TPSA) is 36.4 Å². The fourth-order valence-corrected chi connectivity index (χ4v) is 3.51. The lowest BCUT2D eigenvalue weighted by Crippen LogP contribution is -2.48. The maximum Gasteiger partial charge on any atom is 0.227 e. The lowest BCUT2D eigenvalue weighted by molar-refractivity contribution is -0.132. The summed E-state index contributed by atoms with van der Waals surface area (Å²) in [6, 6.07) is 10.2.